The van der Waals surface area contributed by atoms with E-state index in [1.54, 1.807) is 0 Å². The standard InChI is InChI=1S/C19H28N2O/c1-2-8-18(22)21-14-7-6-11-17-19(21)16(12-13-20-17)15-9-4-3-5-10-15/h3-5,9-10,16-17,19-20H,2,6-8,11-14H2,1H3/t16-,17-,19-/m1/s1. The predicted molar refractivity (Wildman–Crippen MR) is 89.9 cm³/mol. The van der Waals surface area contributed by atoms with Gasteiger partial charge >= 0.3 is 0 Å². The lowest BCUT2D eigenvalue weighted by Gasteiger charge is -2.44. The van der Waals surface area contributed by atoms with E-state index in [2.05, 4.69) is 47.5 Å². The molecule has 1 aromatic carbocycles. The van der Waals surface area contributed by atoms with Gasteiger partial charge in [0, 0.05) is 24.9 Å². The maximum atomic E-state index is 12.7. The second kappa shape index (κ2) is 7.28. The molecule has 2 aliphatic heterocycles. The minimum atomic E-state index is 0.331. The van der Waals surface area contributed by atoms with Crippen molar-refractivity contribution in [3.05, 3.63) is 35.9 Å². The first-order chi connectivity index (χ1) is 10.8. The average Bonchev–Trinajstić information content (AvgIpc) is 2.78. The van der Waals surface area contributed by atoms with E-state index in [0.29, 0.717) is 30.3 Å². The largest absolute Gasteiger partial charge is 0.338 e. The Hall–Kier alpha value is -1.35. The summed E-state index contributed by atoms with van der Waals surface area (Å²) in [4.78, 5) is 14.9. The Morgan fingerprint density at radius 3 is 2.82 bits per heavy atom. The molecular formula is C19H28N2O. The van der Waals surface area contributed by atoms with Gasteiger partial charge < -0.3 is 10.2 Å². The van der Waals surface area contributed by atoms with E-state index in [9.17, 15) is 4.79 Å². The number of piperidine rings is 1. The van der Waals surface area contributed by atoms with E-state index in [-0.39, 0.29) is 0 Å². The van der Waals surface area contributed by atoms with E-state index in [1.165, 1.54) is 18.4 Å². The van der Waals surface area contributed by atoms with Crippen molar-refractivity contribution in [1.82, 2.24) is 10.2 Å². The van der Waals surface area contributed by atoms with Crippen molar-refractivity contribution in [3.8, 4) is 0 Å². The summed E-state index contributed by atoms with van der Waals surface area (Å²) >= 11 is 0. The van der Waals surface area contributed by atoms with Crippen LogP contribution in [0.3, 0.4) is 0 Å². The van der Waals surface area contributed by atoms with Gasteiger partial charge in [0.25, 0.3) is 0 Å². The van der Waals surface area contributed by atoms with Gasteiger partial charge in [0.15, 0.2) is 0 Å². The maximum Gasteiger partial charge on any atom is 0.222 e. The minimum Gasteiger partial charge on any atom is -0.338 e. The molecule has 3 atom stereocenters. The van der Waals surface area contributed by atoms with E-state index >= 15 is 0 Å². The van der Waals surface area contributed by atoms with Gasteiger partial charge in [-0.05, 0) is 37.8 Å². The quantitative estimate of drug-likeness (QED) is 0.929. The Labute approximate surface area is 134 Å². The van der Waals surface area contributed by atoms with Crippen LogP contribution >= 0.6 is 0 Å². The van der Waals surface area contributed by atoms with E-state index in [1.807, 2.05) is 0 Å². The number of fused-ring (bicyclic) bond motifs is 1. The van der Waals surface area contributed by atoms with Crippen LogP contribution in [0, 0.1) is 0 Å². The lowest BCUT2D eigenvalue weighted by Crippen LogP contribution is -2.57. The van der Waals surface area contributed by atoms with Crippen molar-refractivity contribution in [2.45, 2.75) is 63.5 Å². The SMILES string of the molecule is CCCC(=O)N1CCCC[C@H]2NCC[C@H](c3ccccc3)[C@H]21. The van der Waals surface area contributed by atoms with Crippen LogP contribution in [0.5, 0.6) is 0 Å². The Morgan fingerprint density at radius 2 is 2.05 bits per heavy atom. The third-order valence-corrected chi connectivity index (χ3v) is 5.22. The first kappa shape index (κ1) is 15.5. The minimum absolute atomic E-state index is 0.331. The first-order valence-electron chi connectivity index (χ1n) is 8.89. The van der Waals surface area contributed by atoms with Gasteiger partial charge in [-0.2, -0.15) is 0 Å². The molecule has 1 N–H and O–H groups in total. The number of likely N-dealkylation sites (tertiary alicyclic amines) is 1. The fourth-order valence-electron chi connectivity index (χ4n) is 4.21. The summed E-state index contributed by atoms with van der Waals surface area (Å²) in [7, 11) is 0. The van der Waals surface area contributed by atoms with Crippen molar-refractivity contribution in [1.29, 1.82) is 0 Å². The van der Waals surface area contributed by atoms with Gasteiger partial charge in [-0.15, -0.1) is 0 Å². The molecule has 1 aromatic rings. The molecular weight excluding hydrogens is 272 g/mol. The summed E-state index contributed by atoms with van der Waals surface area (Å²) in [5.41, 5.74) is 1.40. The molecule has 0 saturated carbocycles. The summed E-state index contributed by atoms with van der Waals surface area (Å²) < 4.78 is 0. The number of hydrogen-bond acceptors (Lipinski definition) is 2. The van der Waals surface area contributed by atoms with E-state index in [4.69, 9.17) is 0 Å². The van der Waals surface area contributed by atoms with Gasteiger partial charge in [0.1, 0.15) is 0 Å². The zero-order chi connectivity index (χ0) is 15.4. The number of nitrogens with zero attached hydrogens (tertiary/aromatic N) is 1. The molecule has 3 heteroatoms. The van der Waals surface area contributed by atoms with E-state index < -0.39 is 0 Å². The van der Waals surface area contributed by atoms with Gasteiger partial charge in [-0.1, -0.05) is 43.7 Å². The summed E-state index contributed by atoms with van der Waals surface area (Å²) in [6.45, 7) is 4.10. The van der Waals surface area contributed by atoms with Gasteiger partial charge in [0.2, 0.25) is 5.91 Å². The molecule has 0 aromatic heterocycles. The van der Waals surface area contributed by atoms with Crippen molar-refractivity contribution in [2.24, 2.45) is 0 Å². The molecule has 3 nitrogen and oxygen atoms in total. The predicted octanol–water partition coefficient (Wildman–Crippen LogP) is 3.31. The molecule has 0 spiro atoms. The highest BCUT2D eigenvalue weighted by Gasteiger charge is 2.40. The number of amides is 1. The Balaban J connectivity index is 1.90. The molecule has 0 unspecified atom stereocenters. The van der Waals surface area contributed by atoms with Crippen LogP contribution in [-0.2, 0) is 4.79 Å². The molecule has 3 rings (SSSR count). The molecule has 2 saturated heterocycles. The summed E-state index contributed by atoms with van der Waals surface area (Å²) in [5.74, 6) is 0.829. The summed E-state index contributed by atoms with van der Waals surface area (Å²) in [6.07, 6.45) is 6.32. The highest BCUT2D eigenvalue weighted by molar-refractivity contribution is 5.76. The van der Waals surface area contributed by atoms with Crippen LogP contribution in [0.1, 0.15) is 56.9 Å². The van der Waals surface area contributed by atoms with Crippen molar-refractivity contribution in [2.75, 3.05) is 13.1 Å². The Morgan fingerprint density at radius 1 is 1.23 bits per heavy atom. The molecule has 2 fully saturated rings. The third kappa shape index (κ3) is 3.19. The van der Waals surface area contributed by atoms with Gasteiger partial charge in [-0.3, -0.25) is 4.79 Å². The van der Waals surface area contributed by atoms with Gasteiger partial charge in [-0.25, -0.2) is 0 Å². The number of benzene rings is 1. The highest BCUT2D eigenvalue weighted by Crippen LogP contribution is 2.35. The summed E-state index contributed by atoms with van der Waals surface area (Å²) in [5, 5.41) is 3.69. The fourth-order valence-corrected chi connectivity index (χ4v) is 4.21. The monoisotopic (exact) mass is 300 g/mol. The first-order valence-corrected chi connectivity index (χ1v) is 8.89. The maximum absolute atomic E-state index is 12.7. The topological polar surface area (TPSA) is 32.3 Å². The smallest absolute Gasteiger partial charge is 0.222 e. The van der Waals surface area contributed by atoms with Gasteiger partial charge in [0.05, 0.1) is 6.04 Å². The van der Waals surface area contributed by atoms with Crippen LogP contribution < -0.4 is 5.32 Å². The average molecular weight is 300 g/mol. The van der Waals surface area contributed by atoms with Crippen LogP contribution in [0.25, 0.3) is 0 Å². The zero-order valence-electron chi connectivity index (χ0n) is 13.6. The lowest BCUT2D eigenvalue weighted by atomic mass is 9.80. The van der Waals surface area contributed by atoms with Crippen LogP contribution in [0.15, 0.2) is 30.3 Å². The number of rotatable bonds is 3. The molecule has 2 aliphatic rings. The van der Waals surface area contributed by atoms with Crippen LogP contribution in [0.2, 0.25) is 0 Å². The Bertz CT molecular complexity index is 487. The molecule has 0 bridgehead atoms. The molecule has 120 valence electrons. The second-order valence-corrected chi connectivity index (χ2v) is 6.69. The molecule has 1 amide bonds. The number of carbonyl (C=O) groups excluding carboxylic acids is 1. The highest BCUT2D eigenvalue weighted by atomic mass is 16.2. The number of nitrogens with one attached hydrogen (secondary N) is 1. The van der Waals surface area contributed by atoms with Crippen LogP contribution in [0.4, 0.5) is 0 Å². The molecule has 22 heavy (non-hydrogen) atoms. The Kier molecular flexibility index (Phi) is 5.14. The van der Waals surface area contributed by atoms with E-state index in [0.717, 1.165) is 32.4 Å². The number of hydrogen-bond donors (Lipinski definition) is 1. The van der Waals surface area contributed by atoms with Crippen molar-refractivity contribution in [3.63, 3.8) is 0 Å². The fraction of sp³-hybridized carbons (Fsp3) is 0.632. The van der Waals surface area contributed by atoms with Crippen LogP contribution in [-0.4, -0.2) is 36.0 Å². The second-order valence-electron chi connectivity index (χ2n) is 6.69. The van der Waals surface area contributed by atoms with Crippen molar-refractivity contribution >= 4 is 5.91 Å². The summed E-state index contributed by atoms with van der Waals surface area (Å²) in [6, 6.07) is 11.6. The number of carbonyl (C=O) groups is 1. The third-order valence-electron chi connectivity index (χ3n) is 5.22. The normalized spacial score (nSPS) is 28.8. The molecule has 2 heterocycles. The molecule has 0 radical (unpaired) electrons. The van der Waals surface area contributed by atoms with Crippen molar-refractivity contribution < 1.29 is 4.79 Å². The molecule has 0 aliphatic carbocycles. The lowest BCUT2D eigenvalue weighted by molar-refractivity contribution is -0.135. The zero-order valence-corrected chi connectivity index (χ0v) is 13.6.